The number of hydrogen-bond donors (Lipinski definition) is 1. The Morgan fingerprint density at radius 2 is 1.90 bits per heavy atom. The van der Waals surface area contributed by atoms with Crippen LogP contribution in [-0.4, -0.2) is 19.1 Å². The van der Waals surface area contributed by atoms with Gasteiger partial charge in [-0.15, -0.1) is 0 Å². The molecule has 3 nitrogen and oxygen atoms in total. The summed E-state index contributed by atoms with van der Waals surface area (Å²) in [5.74, 6) is -0.434. The largest absolute Gasteiger partial charge is 0.397 e. The van der Waals surface area contributed by atoms with Gasteiger partial charge in [0.2, 0.25) is 0 Å². The number of aromatic nitrogens is 1. The lowest BCUT2D eigenvalue weighted by molar-refractivity contribution is 0.629. The Bertz CT molecular complexity index is 649. The smallest absolute Gasteiger partial charge is 0.157 e. The van der Waals surface area contributed by atoms with Crippen LogP contribution in [0.2, 0.25) is 10.0 Å². The fourth-order valence-corrected chi connectivity index (χ4v) is 2.38. The van der Waals surface area contributed by atoms with E-state index in [1.165, 1.54) is 0 Å². The van der Waals surface area contributed by atoms with Crippen LogP contribution < -0.4 is 10.6 Å². The maximum atomic E-state index is 14.6. The summed E-state index contributed by atoms with van der Waals surface area (Å²) in [4.78, 5) is 5.90. The van der Waals surface area contributed by atoms with Gasteiger partial charge in [0.05, 0.1) is 32.8 Å². The van der Waals surface area contributed by atoms with Crippen LogP contribution in [-0.2, 0) is 0 Å². The molecule has 6 heteroatoms. The third kappa shape index (κ3) is 2.53. The first-order chi connectivity index (χ1) is 9.32. The second kappa shape index (κ2) is 5.46. The van der Waals surface area contributed by atoms with E-state index < -0.39 is 5.82 Å². The maximum absolute atomic E-state index is 14.6. The molecule has 1 aromatic heterocycles. The Morgan fingerprint density at radius 3 is 2.45 bits per heavy atom. The van der Waals surface area contributed by atoms with Gasteiger partial charge in [-0.2, -0.15) is 0 Å². The van der Waals surface area contributed by atoms with Crippen LogP contribution in [0.4, 0.5) is 15.8 Å². The Balaban J connectivity index is 2.68. The lowest BCUT2D eigenvalue weighted by Gasteiger charge is -2.17. The zero-order chi connectivity index (χ0) is 15.0. The van der Waals surface area contributed by atoms with Gasteiger partial charge in [-0.1, -0.05) is 23.2 Å². The van der Waals surface area contributed by atoms with E-state index in [0.717, 1.165) is 0 Å². The quantitative estimate of drug-likeness (QED) is 0.905. The van der Waals surface area contributed by atoms with Crippen LogP contribution in [0.15, 0.2) is 18.2 Å². The molecule has 1 heterocycles. The molecule has 0 aliphatic rings. The maximum Gasteiger partial charge on any atom is 0.157 e. The predicted molar refractivity (Wildman–Crippen MR) is 83.1 cm³/mol. The minimum absolute atomic E-state index is 0.317. The molecule has 0 unspecified atom stereocenters. The lowest BCUT2D eigenvalue weighted by Crippen LogP contribution is -2.12. The van der Waals surface area contributed by atoms with Crippen molar-refractivity contribution in [2.75, 3.05) is 24.7 Å². The Morgan fingerprint density at radius 1 is 1.25 bits per heavy atom. The Kier molecular flexibility index (Phi) is 4.06. The van der Waals surface area contributed by atoms with Gasteiger partial charge in [0.15, 0.2) is 5.82 Å². The molecule has 0 aliphatic heterocycles. The number of nitrogen functional groups attached to an aromatic ring is 1. The van der Waals surface area contributed by atoms with Crippen LogP contribution in [0.3, 0.4) is 0 Å². The fraction of sp³-hybridized carbons (Fsp3) is 0.214. The highest BCUT2D eigenvalue weighted by molar-refractivity contribution is 6.34. The Hall–Kier alpha value is -1.52. The summed E-state index contributed by atoms with van der Waals surface area (Å²) < 4.78 is 14.6. The molecule has 0 fully saturated rings. The Labute approximate surface area is 127 Å². The first-order valence-corrected chi connectivity index (χ1v) is 6.66. The standard InChI is InChI=1S/C14H14Cl2FN3/c1-7-12(16)10(18)6-11(19-7)8-4-5-9(15)14(13(8)17)20(2)3/h4-6H,1-3H3,(H2,18,19). The molecule has 2 N–H and O–H groups in total. The minimum Gasteiger partial charge on any atom is -0.397 e. The molecule has 0 amide bonds. The van der Waals surface area contributed by atoms with Crippen molar-refractivity contribution in [3.8, 4) is 11.3 Å². The van der Waals surface area contributed by atoms with Gasteiger partial charge in [-0.05, 0) is 25.1 Å². The molecule has 0 radical (unpaired) electrons. The number of hydrogen-bond acceptors (Lipinski definition) is 3. The number of rotatable bonds is 2. The van der Waals surface area contributed by atoms with Gasteiger partial charge in [-0.25, -0.2) is 4.39 Å². The summed E-state index contributed by atoms with van der Waals surface area (Å²) >= 11 is 12.0. The predicted octanol–water partition coefficient (Wildman–Crippen LogP) is 4.15. The molecule has 0 aliphatic carbocycles. The average Bonchev–Trinajstić information content (AvgIpc) is 2.35. The first kappa shape index (κ1) is 14.9. The second-order valence-electron chi connectivity index (χ2n) is 4.65. The van der Waals surface area contributed by atoms with E-state index in [2.05, 4.69) is 4.98 Å². The highest BCUT2D eigenvalue weighted by Gasteiger charge is 2.17. The van der Waals surface area contributed by atoms with E-state index in [4.69, 9.17) is 28.9 Å². The van der Waals surface area contributed by atoms with Crippen LogP contribution in [0.25, 0.3) is 11.3 Å². The number of pyridine rings is 1. The number of anilines is 2. The molecule has 0 spiro atoms. The van der Waals surface area contributed by atoms with Crippen LogP contribution in [0, 0.1) is 12.7 Å². The third-order valence-electron chi connectivity index (χ3n) is 2.94. The molecular weight excluding hydrogens is 300 g/mol. The number of benzene rings is 1. The summed E-state index contributed by atoms with van der Waals surface area (Å²) in [7, 11) is 3.45. The van der Waals surface area contributed by atoms with Crippen molar-refractivity contribution < 1.29 is 4.39 Å². The molecule has 0 atom stereocenters. The number of nitrogens with two attached hydrogens (primary N) is 1. The summed E-state index contributed by atoms with van der Waals surface area (Å²) in [5, 5.41) is 0.728. The van der Waals surface area contributed by atoms with E-state index >= 15 is 0 Å². The highest BCUT2D eigenvalue weighted by atomic mass is 35.5. The molecular formula is C14H14Cl2FN3. The van der Waals surface area contributed by atoms with Crippen molar-refractivity contribution in [1.29, 1.82) is 0 Å². The number of halogens is 3. The monoisotopic (exact) mass is 313 g/mol. The molecule has 2 rings (SSSR count). The van der Waals surface area contributed by atoms with E-state index in [0.29, 0.717) is 38.4 Å². The van der Waals surface area contributed by atoms with Gasteiger partial charge in [0.1, 0.15) is 0 Å². The van der Waals surface area contributed by atoms with Crippen LogP contribution in [0.1, 0.15) is 5.69 Å². The molecule has 0 saturated heterocycles. The van der Waals surface area contributed by atoms with E-state index in [1.807, 2.05) is 0 Å². The lowest BCUT2D eigenvalue weighted by atomic mass is 10.1. The minimum atomic E-state index is -0.434. The normalized spacial score (nSPS) is 10.7. The van der Waals surface area contributed by atoms with Crippen molar-refractivity contribution in [3.63, 3.8) is 0 Å². The molecule has 20 heavy (non-hydrogen) atoms. The topological polar surface area (TPSA) is 42.2 Å². The van der Waals surface area contributed by atoms with Crippen molar-refractivity contribution >= 4 is 34.6 Å². The summed E-state index contributed by atoms with van der Waals surface area (Å²) in [6, 6.07) is 4.78. The van der Waals surface area contributed by atoms with Crippen molar-refractivity contribution in [2.24, 2.45) is 0 Å². The zero-order valence-electron chi connectivity index (χ0n) is 11.3. The van der Waals surface area contributed by atoms with Crippen molar-refractivity contribution in [1.82, 2.24) is 4.98 Å². The van der Waals surface area contributed by atoms with E-state index in [9.17, 15) is 4.39 Å². The van der Waals surface area contributed by atoms with Gasteiger partial charge in [0.25, 0.3) is 0 Å². The van der Waals surface area contributed by atoms with Crippen LogP contribution >= 0.6 is 23.2 Å². The summed E-state index contributed by atoms with van der Waals surface area (Å²) in [6.45, 7) is 1.73. The highest BCUT2D eigenvalue weighted by Crippen LogP contribution is 2.35. The summed E-state index contributed by atoms with van der Waals surface area (Å²) in [5.41, 5.74) is 7.82. The average molecular weight is 314 g/mol. The molecule has 1 aromatic carbocycles. The van der Waals surface area contributed by atoms with Crippen LogP contribution in [0.5, 0.6) is 0 Å². The number of aryl methyl sites for hydroxylation is 1. The first-order valence-electron chi connectivity index (χ1n) is 5.91. The van der Waals surface area contributed by atoms with Gasteiger partial charge >= 0.3 is 0 Å². The van der Waals surface area contributed by atoms with Crippen molar-refractivity contribution in [3.05, 3.63) is 39.8 Å². The van der Waals surface area contributed by atoms with Crippen molar-refractivity contribution in [2.45, 2.75) is 6.92 Å². The molecule has 2 aromatic rings. The number of nitrogens with zero attached hydrogens (tertiary/aromatic N) is 2. The second-order valence-corrected chi connectivity index (χ2v) is 5.43. The SMILES string of the molecule is Cc1nc(-c2ccc(Cl)c(N(C)C)c2F)cc(N)c1Cl. The zero-order valence-corrected chi connectivity index (χ0v) is 12.8. The van der Waals surface area contributed by atoms with E-state index in [1.54, 1.807) is 44.1 Å². The van der Waals surface area contributed by atoms with E-state index in [-0.39, 0.29) is 0 Å². The van der Waals surface area contributed by atoms with Gasteiger partial charge in [0, 0.05) is 19.7 Å². The fourth-order valence-electron chi connectivity index (χ4n) is 1.97. The molecule has 106 valence electrons. The molecule has 0 bridgehead atoms. The molecule has 0 saturated carbocycles. The van der Waals surface area contributed by atoms with Gasteiger partial charge < -0.3 is 10.6 Å². The third-order valence-corrected chi connectivity index (χ3v) is 3.74. The van der Waals surface area contributed by atoms with Gasteiger partial charge in [-0.3, -0.25) is 4.98 Å². The summed E-state index contributed by atoms with van der Waals surface area (Å²) in [6.07, 6.45) is 0.